The Balaban J connectivity index is 1.85. The molecule has 0 heterocycles. The number of rotatable bonds is 6. The monoisotopic (exact) mass is 285 g/mol. The molecule has 2 aromatic carbocycles. The van der Waals surface area contributed by atoms with E-state index in [-0.39, 0.29) is 18.3 Å². The topological polar surface area (TPSA) is 55.4 Å². The number of carbonyl (C=O) groups is 2. The van der Waals surface area contributed by atoms with Gasteiger partial charge >= 0.3 is 5.97 Å². The predicted molar refractivity (Wildman–Crippen MR) is 81.9 cm³/mol. The van der Waals surface area contributed by atoms with E-state index in [4.69, 9.17) is 4.74 Å². The van der Waals surface area contributed by atoms with Crippen LogP contribution in [0.4, 0.5) is 0 Å². The summed E-state index contributed by atoms with van der Waals surface area (Å²) in [7, 11) is 0. The van der Waals surface area contributed by atoms with Gasteiger partial charge in [-0.25, -0.2) is 0 Å². The molecule has 1 amide bonds. The highest BCUT2D eigenvalue weighted by molar-refractivity contribution is 5.85. The fraction of sp³-hybridized carbons (Fsp3) is 0.294. The molecule has 1 N–H and O–H groups in total. The van der Waals surface area contributed by atoms with Gasteiger partial charge in [0, 0.05) is 6.54 Å². The van der Waals surface area contributed by atoms with Crippen molar-refractivity contribution in [2.45, 2.75) is 19.8 Å². The Morgan fingerprint density at radius 2 is 1.86 bits per heavy atom. The van der Waals surface area contributed by atoms with Crippen LogP contribution in [0.15, 0.2) is 42.5 Å². The molecule has 110 valence electrons. The summed E-state index contributed by atoms with van der Waals surface area (Å²) in [5, 5.41) is 5.00. The zero-order valence-corrected chi connectivity index (χ0v) is 12.1. The predicted octanol–water partition coefficient (Wildman–Crippen LogP) is 2.45. The van der Waals surface area contributed by atoms with Crippen molar-refractivity contribution < 1.29 is 14.3 Å². The molecule has 0 aliphatic carbocycles. The molecule has 0 atom stereocenters. The van der Waals surface area contributed by atoms with Crippen LogP contribution in [-0.2, 0) is 20.7 Å². The van der Waals surface area contributed by atoms with Crippen molar-refractivity contribution in [3.8, 4) is 0 Å². The number of fused-ring (bicyclic) bond motifs is 1. The van der Waals surface area contributed by atoms with Crippen LogP contribution < -0.4 is 5.32 Å². The van der Waals surface area contributed by atoms with Crippen LogP contribution in [0.1, 0.15) is 18.9 Å². The molecule has 0 radical (unpaired) electrons. The number of benzene rings is 2. The van der Waals surface area contributed by atoms with E-state index < -0.39 is 0 Å². The molecule has 0 aliphatic rings. The summed E-state index contributed by atoms with van der Waals surface area (Å²) < 4.78 is 4.80. The maximum atomic E-state index is 11.8. The standard InChI is InChI=1S/C17H19NO3/c1-2-21-17(20)9-10-18-16(19)12-13-7-8-14-5-3-4-6-15(14)11-13/h3-8,11H,2,9-10,12H2,1H3,(H,18,19). The Morgan fingerprint density at radius 3 is 2.62 bits per heavy atom. The minimum Gasteiger partial charge on any atom is -0.466 e. The number of ether oxygens (including phenoxy) is 1. The number of carbonyl (C=O) groups excluding carboxylic acids is 2. The number of amides is 1. The van der Waals surface area contributed by atoms with Crippen molar-refractivity contribution in [1.29, 1.82) is 0 Å². The maximum absolute atomic E-state index is 11.8. The highest BCUT2D eigenvalue weighted by atomic mass is 16.5. The van der Waals surface area contributed by atoms with Crippen LogP contribution in [-0.4, -0.2) is 25.0 Å². The van der Waals surface area contributed by atoms with Crippen LogP contribution in [0.2, 0.25) is 0 Å². The highest BCUT2D eigenvalue weighted by Gasteiger charge is 2.06. The Bertz CT molecular complexity index is 637. The molecule has 0 spiro atoms. The molecule has 0 saturated heterocycles. The van der Waals surface area contributed by atoms with Crippen molar-refractivity contribution in [3.63, 3.8) is 0 Å². The first kappa shape index (κ1) is 15.0. The lowest BCUT2D eigenvalue weighted by atomic mass is 10.0. The molecule has 0 saturated carbocycles. The van der Waals surface area contributed by atoms with Gasteiger partial charge < -0.3 is 10.1 Å². The molecule has 4 heteroatoms. The quantitative estimate of drug-likeness (QED) is 0.829. The van der Waals surface area contributed by atoms with E-state index in [1.165, 1.54) is 0 Å². The second-order valence-corrected chi connectivity index (χ2v) is 4.76. The number of hydrogen-bond donors (Lipinski definition) is 1. The van der Waals surface area contributed by atoms with E-state index in [9.17, 15) is 9.59 Å². The van der Waals surface area contributed by atoms with Crippen molar-refractivity contribution in [2.75, 3.05) is 13.2 Å². The van der Waals surface area contributed by atoms with Crippen LogP contribution in [0, 0.1) is 0 Å². The van der Waals surface area contributed by atoms with Gasteiger partial charge in [0.2, 0.25) is 5.91 Å². The second-order valence-electron chi connectivity index (χ2n) is 4.76. The van der Waals surface area contributed by atoms with Crippen molar-refractivity contribution in [2.24, 2.45) is 0 Å². The fourth-order valence-corrected chi connectivity index (χ4v) is 2.13. The van der Waals surface area contributed by atoms with E-state index in [0.29, 0.717) is 19.6 Å². The first-order chi connectivity index (χ1) is 10.2. The van der Waals surface area contributed by atoms with Gasteiger partial charge in [0.05, 0.1) is 19.4 Å². The average molecular weight is 285 g/mol. The summed E-state index contributed by atoms with van der Waals surface area (Å²) in [5.41, 5.74) is 0.960. The van der Waals surface area contributed by atoms with Gasteiger partial charge in [-0.1, -0.05) is 42.5 Å². The third-order valence-electron chi connectivity index (χ3n) is 3.14. The fourth-order valence-electron chi connectivity index (χ4n) is 2.13. The third-order valence-corrected chi connectivity index (χ3v) is 3.14. The summed E-state index contributed by atoms with van der Waals surface area (Å²) in [4.78, 5) is 23.0. The molecule has 0 fully saturated rings. The van der Waals surface area contributed by atoms with Crippen LogP contribution in [0.3, 0.4) is 0 Å². The van der Waals surface area contributed by atoms with E-state index in [1.54, 1.807) is 6.92 Å². The van der Waals surface area contributed by atoms with E-state index in [2.05, 4.69) is 5.32 Å². The van der Waals surface area contributed by atoms with Gasteiger partial charge in [0.1, 0.15) is 0 Å². The normalized spacial score (nSPS) is 10.3. The molecule has 4 nitrogen and oxygen atoms in total. The number of esters is 1. The summed E-state index contributed by atoms with van der Waals surface area (Å²) in [6, 6.07) is 14.0. The molecule has 2 rings (SSSR count). The van der Waals surface area contributed by atoms with Gasteiger partial charge in [0.25, 0.3) is 0 Å². The Labute approximate surface area is 124 Å². The molecular formula is C17H19NO3. The minimum absolute atomic E-state index is 0.0884. The van der Waals surface area contributed by atoms with Gasteiger partial charge in [-0.05, 0) is 23.3 Å². The zero-order valence-electron chi connectivity index (χ0n) is 12.1. The lowest BCUT2D eigenvalue weighted by molar-refractivity contribution is -0.143. The van der Waals surface area contributed by atoms with E-state index in [0.717, 1.165) is 16.3 Å². The molecule has 0 aliphatic heterocycles. The van der Waals surface area contributed by atoms with Gasteiger partial charge in [-0.3, -0.25) is 9.59 Å². The van der Waals surface area contributed by atoms with Gasteiger partial charge in [-0.15, -0.1) is 0 Å². The van der Waals surface area contributed by atoms with Crippen LogP contribution in [0.25, 0.3) is 10.8 Å². The van der Waals surface area contributed by atoms with Crippen LogP contribution >= 0.6 is 0 Å². The second kappa shape index (κ2) is 7.43. The van der Waals surface area contributed by atoms with Crippen molar-refractivity contribution >= 4 is 22.6 Å². The smallest absolute Gasteiger partial charge is 0.307 e. The Kier molecular flexibility index (Phi) is 5.32. The van der Waals surface area contributed by atoms with Crippen LogP contribution in [0.5, 0.6) is 0 Å². The number of hydrogen-bond acceptors (Lipinski definition) is 3. The highest BCUT2D eigenvalue weighted by Crippen LogP contribution is 2.15. The Hall–Kier alpha value is -2.36. The average Bonchev–Trinajstić information content (AvgIpc) is 2.47. The van der Waals surface area contributed by atoms with Crippen molar-refractivity contribution in [3.05, 3.63) is 48.0 Å². The molecular weight excluding hydrogens is 266 g/mol. The molecule has 21 heavy (non-hydrogen) atoms. The molecule has 0 aromatic heterocycles. The largest absolute Gasteiger partial charge is 0.466 e. The minimum atomic E-state index is -0.288. The number of nitrogens with one attached hydrogen (secondary N) is 1. The Morgan fingerprint density at radius 1 is 1.10 bits per heavy atom. The first-order valence-electron chi connectivity index (χ1n) is 7.09. The molecule has 0 unspecified atom stereocenters. The molecule has 2 aromatic rings. The lowest BCUT2D eigenvalue weighted by Crippen LogP contribution is -2.27. The molecule has 0 bridgehead atoms. The zero-order chi connectivity index (χ0) is 15.1. The van der Waals surface area contributed by atoms with Gasteiger partial charge in [0.15, 0.2) is 0 Å². The summed E-state index contributed by atoms with van der Waals surface area (Å²) >= 11 is 0. The third kappa shape index (κ3) is 4.60. The SMILES string of the molecule is CCOC(=O)CCNC(=O)Cc1ccc2ccccc2c1. The van der Waals surface area contributed by atoms with Gasteiger partial charge in [-0.2, -0.15) is 0 Å². The first-order valence-corrected chi connectivity index (χ1v) is 7.09. The lowest BCUT2D eigenvalue weighted by Gasteiger charge is -2.06. The summed E-state index contributed by atoms with van der Waals surface area (Å²) in [6.07, 6.45) is 0.519. The summed E-state index contributed by atoms with van der Waals surface area (Å²) in [5.74, 6) is -0.377. The van der Waals surface area contributed by atoms with E-state index in [1.807, 2.05) is 42.5 Å². The maximum Gasteiger partial charge on any atom is 0.307 e. The van der Waals surface area contributed by atoms with E-state index >= 15 is 0 Å². The summed E-state index contributed by atoms with van der Waals surface area (Å²) in [6.45, 7) is 2.44. The van der Waals surface area contributed by atoms with Crippen molar-refractivity contribution in [1.82, 2.24) is 5.32 Å².